The van der Waals surface area contributed by atoms with Gasteiger partial charge in [-0.25, -0.2) is 8.78 Å². The summed E-state index contributed by atoms with van der Waals surface area (Å²) in [6, 6.07) is 8.56. The third kappa shape index (κ3) is 3.64. The predicted molar refractivity (Wildman–Crippen MR) is 97.6 cm³/mol. The zero-order valence-corrected chi connectivity index (χ0v) is 14.9. The van der Waals surface area contributed by atoms with Crippen molar-refractivity contribution in [2.24, 2.45) is 0 Å². The molecule has 1 saturated heterocycles. The second kappa shape index (κ2) is 7.72. The van der Waals surface area contributed by atoms with Crippen LogP contribution in [0.25, 0.3) is 0 Å². The lowest BCUT2D eigenvalue weighted by Gasteiger charge is -2.29. The second-order valence-corrected chi connectivity index (χ2v) is 6.39. The molecule has 1 amide bonds. The fourth-order valence-electron chi connectivity index (χ4n) is 3.30. The van der Waals surface area contributed by atoms with Crippen LogP contribution in [0.1, 0.15) is 37.8 Å². The van der Waals surface area contributed by atoms with Gasteiger partial charge in [0, 0.05) is 24.2 Å². The number of hydrogen-bond donors (Lipinski definition) is 1. The maximum Gasteiger partial charge on any atom is 0.227 e. The Labute approximate surface area is 151 Å². The van der Waals surface area contributed by atoms with E-state index >= 15 is 0 Å². The van der Waals surface area contributed by atoms with Crippen LogP contribution in [0, 0.1) is 11.6 Å². The van der Waals surface area contributed by atoms with E-state index < -0.39 is 17.7 Å². The van der Waals surface area contributed by atoms with Crippen LogP contribution in [-0.2, 0) is 4.79 Å². The van der Waals surface area contributed by atoms with E-state index in [4.69, 9.17) is 4.74 Å². The van der Waals surface area contributed by atoms with E-state index in [2.05, 4.69) is 5.32 Å². The minimum absolute atomic E-state index is 0.0149. The van der Waals surface area contributed by atoms with Gasteiger partial charge in [0.15, 0.2) is 0 Å². The normalized spacial score (nSPS) is 15.7. The number of rotatable bonds is 5. The highest BCUT2D eigenvalue weighted by Crippen LogP contribution is 2.35. The van der Waals surface area contributed by atoms with Gasteiger partial charge in [-0.15, -0.1) is 0 Å². The van der Waals surface area contributed by atoms with Crippen LogP contribution in [-0.4, -0.2) is 19.6 Å². The van der Waals surface area contributed by atoms with Crippen molar-refractivity contribution >= 4 is 17.3 Å². The Bertz CT molecular complexity index is 790. The SMILES string of the molecule is COc1ccc(N[C@H](C)c2c(F)cccc2F)cc1N1CCCCC1=O. The van der Waals surface area contributed by atoms with Gasteiger partial charge in [-0.3, -0.25) is 4.79 Å². The van der Waals surface area contributed by atoms with E-state index in [1.807, 2.05) is 0 Å². The first-order valence-electron chi connectivity index (χ1n) is 8.70. The summed E-state index contributed by atoms with van der Waals surface area (Å²) in [6.45, 7) is 2.33. The molecule has 6 heteroatoms. The van der Waals surface area contributed by atoms with Gasteiger partial charge in [0.1, 0.15) is 17.4 Å². The number of methoxy groups -OCH3 is 1. The van der Waals surface area contributed by atoms with Crippen molar-refractivity contribution in [3.63, 3.8) is 0 Å². The molecule has 0 radical (unpaired) electrons. The van der Waals surface area contributed by atoms with Crippen LogP contribution >= 0.6 is 0 Å². The van der Waals surface area contributed by atoms with E-state index in [0.29, 0.717) is 30.1 Å². The van der Waals surface area contributed by atoms with Gasteiger partial charge in [0.05, 0.1) is 18.8 Å². The van der Waals surface area contributed by atoms with Crippen molar-refractivity contribution in [1.29, 1.82) is 0 Å². The summed E-state index contributed by atoms with van der Waals surface area (Å²) < 4.78 is 33.4. The largest absolute Gasteiger partial charge is 0.495 e. The maximum absolute atomic E-state index is 14.0. The molecule has 1 aliphatic heterocycles. The topological polar surface area (TPSA) is 41.6 Å². The van der Waals surface area contributed by atoms with Crippen LogP contribution in [0.5, 0.6) is 5.75 Å². The number of carbonyl (C=O) groups excluding carboxylic acids is 1. The third-order valence-corrected chi connectivity index (χ3v) is 4.61. The average Bonchev–Trinajstić information content (AvgIpc) is 2.62. The van der Waals surface area contributed by atoms with Gasteiger partial charge in [-0.1, -0.05) is 6.07 Å². The molecule has 0 aliphatic carbocycles. The molecule has 1 heterocycles. The Morgan fingerprint density at radius 1 is 1.15 bits per heavy atom. The molecule has 2 aromatic carbocycles. The molecule has 0 spiro atoms. The molecule has 1 N–H and O–H groups in total. The summed E-state index contributed by atoms with van der Waals surface area (Å²) in [4.78, 5) is 14.0. The lowest BCUT2D eigenvalue weighted by Crippen LogP contribution is -2.35. The summed E-state index contributed by atoms with van der Waals surface area (Å²) >= 11 is 0. The lowest BCUT2D eigenvalue weighted by atomic mass is 10.1. The highest BCUT2D eigenvalue weighted by Gasteiger charge is 2.23. The Hall–Kier alpha value is -2.63. The van der Waals surface area contributed by atoms with E-state index in [-0.39, 0.29) is 11.5 Å². The van der Waals surface area contributed by atoms with E-state index in [1.54, 1.807) is 37.1 Å². The van der Waals surface area contributed by atoms with Crippen LogP contribution in [0.15, 0.2) is 36.4 Å². The van der Waals surface area contributed by atoms with Gasteiger partial charge < -0.3 is 15.0 Å². The molecule has 26 heavy (non-hydrogen) atoms. The standard InChI is InChI=1S/C20H22F2N2O2/c1-13(20-15(21)6-5-7-16(20)22)23-14-9-10-18(26-2)17(12-14)24-11-4-3-8-19(24)25/h5-7,9-10,12-13,23H,3-4,8,11H2,1-2H3/t13-/m1/s1. The molecule has 3 rings (SSSR count). The first kappa shape index (κ1) is 18.2. The van der Waals surface area contributed by atoms with Crippen molar-refractivity contribution < 1.29 is 18.3 Å². The minimum Gasteiger partial charge on any atom is -0.495 e. The van der Waals surface area contributed by atoms with Crippen LogP contribution in [0.3, 0.4) is 0 Å². The number of hydrogen-bond acceptors (Lipinski definition) is 3. The number of nitrogens with zero attached hydrogens (tertiary/aromatic N) is 1. The number of carbonyl (C=O) groups is 1. The van der Waals surface area contributed by atoms with Gasteiger partial charge in [-0.2, -0.15) is 0 Å². The van der Waals surface area contributed by atoms with Gasteiger partial charge in [0.2, 0.25) is 5.91 Å². The molecule has 1 fully saturated rings. The lowest BCUT2D eigenvalue weighted by molar-refractivity contribution is -0.119. The summed E-state index contributed by atoms with van der Waals surface area (Å²) in [7, 11) is 1.55. The summed E-state index contributed by atoms with van der Waals surface area (Å²) in [5, 5.41) is 3.11. The first-order chi connectivity index (χ1) is 12.5. The van der Waals surface area contributed by atoms with Crippen LogP contribution in [0.4, 0.5) is 20.2 Å². The van der Waals surface area contributed by atoms with Crippen molar-refractivity contribution in [3.8, 4) is 5.75 Å². The highest BCUT2D eigenvalue weighted by molar-refractivity contribution is 5.96. The molecule has 0 bridgehead atoms. The fourth-order valence-corrected chi connectivity index (χ4v) is 3.30. The number of benzene rings is 2. The first-order valence-corrected chi connectivity index (χ1v) is 8.70. The van der Waals surface area contributed by atoms with Gasteiger partial charge in [-0.05, 0) is 50.1 Å². The molecular weight excluding hydrogens is 338 g/mol. The van der Waals surface area contributed by atoms with Crippen LogP contribution < -0.4 is 15.0 Å². The van der Waals surface area contributed by atoms with E-state index in [0.717, 1.165) is 12.8 Å². The molecule has 0 aromatic heterocycles. The summed E-state index contributed by atoms with van der Waals surface area (Å²) in [6.07, 6.45) is 2.33. The number of piperidine rings is 1. The quantitative estimate of drug-likeness (QED) is 0.843. The van der Waals surface area contributed by atoms with Crippen molar-refractivity contribution in [2.45, 2.75) is 32.2 Å². The zero-order valence-electron chi connectivity index (χ0n) is 14.9. The van der Waals surface area contributed by atoms with Crippen LogP contribution in [0.2, 0.25) is 0 Å². The number of ether oxygens (including phenoxy) is 1. The molecule has 2 aromatic rings. The molecule has 0 saturated carbocycles. The van der Waals surface area contributed by atoms with Gasteiger partial charge in [0.25, 0.3) is 0 Å². The number of amides is 1. The molecule has 1 atom stereocenters. The zero-order chi connectivity index (χ0) is 18.7. The monoisotopic (exact) mass is 360 g/mol. The maximum atomic E-state index is 14.0. The molecule has 138 valence electrons. The van der Waals surface area contributed by atoms with Crippen molar-refractivity contribution in [1.82, 2.24) is 0 Å². The average molecular weight is 360 g/mol. The summed E-state index contributed by atoms with van der Waals surface area (Å²) in [5.74, 6) is -0.537. The Morgan fingerprint density at radius 3 is 2.54 bits per heavy atom. The smallest absolute Gasteiger partial charge is 0.227 e. The van der Waals surface area contributed by atoms with E-state index in [9.17, 15) is 13.6 Å². The predicted octanol–water partition coefficient (Wildman–Crippen LogP) is 4.66. The Kier molecular flexibility index (Phi) is 5.40. The molecule has 1 aliphatic rings. The van der Waals surface area contributed by atoms with Crippen molar-refractivity contribution in [3.05, 3.63) is 53.6 Å². The van der Waals surface area contributed by atoms with E-state index in [1.165, 1.54) is 18.2 Å². The fraction of sp³-hybridized carbons (Fsp3) is 0.350. The van der Waals surface area contributed by atoms with Crippen molar-refractivity contribution in [2.75, 3.05) is 23.9 Å². The Morgan fingerprint density at radius 2 is 1.88 bits per heavy atom. The summed E-state index contributed by atoms with van der Waals surface area (Å²) in [5.41, 5.74) is 1.32. The highest BCUT2D eigenvalue weighted by atomic mass is 19.1. The van der Waals surface area contributed by atoms with Gasteiger partial charge >= 0.3 is 0 Å². The molecular formula is C20H22F2N2O2. The Balaban J connectivity index is 1.89. The number of anilines is 2. The minimum atomic E-state index is -0.593. The number of nitrogens with one attached hydrogen (secondary N) is 1. The third-order valence-electron chi connectivity index (χ3n) is 4.61. The number of halogens is 2. The second-order valence-electron chi connectivity index (χ2n) is 6.39. The molecule has 4 nitrogen and oxygen atoms in total. The molecule has 0 unspecified atom stereocenters.